The summed E-state index contributed by atoms with van der Waals surface area (Å²) in [6.45, 7) is -1.38. The lowest BCUT2D eigenvalue weighted by molar-refractivity contribution is -0.139. The molecular formula is C16H15ClF2N2O3. The van der Waals surface area contributed by atoms with E-state index in [4.69, 9.17) is 16.3 Å². The van der Waals surface area contributed by atoms with Crippen LogP contribution in [0.2, 0.25) is 5.15 Å². The van der Waals surface area contributed by atoms with Crippen molar-refractivity contribution in [3.8, 4) is 5.75 Å². The molecular weight excluding hydrogens is 342 g/mol. The summed E-state index contributed by atoms with van der Waals surface area (Å²) >= 11 is 6.05. The van der Waals surface area contributed by atoms with E-state index in [0.717, 1.165) is 0 Å². The molecule has 1 aromatic carbocycles. The van der Waals surface area contributed by atoms with Gasteiger partial charge in [-0.25, -0.2) is 4.79 Å². The monoisotopic (exact) mass is 356 g/mol. The van der Waals surface area contributed by atoms with E-state index in [2.05, 4.69) is 9.84 Å². The lowest BCUT2D eigenvalue weighted by atomic mass is 10.2. The van der Waals surface area contributed by atoms with Crippen LogP contribution in [0.4, 0.5) is 8.78 Å². The number of esters is 1. The normalized spacial score (nSPS) is 11.2. The lowest BCUT2D eigenvalue weighted by Gasteiger charge is -2.10. The average Bonchev–Trinajstić information content (AvgIpc) is 2.76. The molecule has 2 rings (SSSR count). The van der Waals surface area contributed by atoms with Crippen molar-refractivity contribution in [2.45, 2.75) is 20.1 Å². The summed E-state index contributed by atoms with van der Waals surface area (Å²) in [5, 5.41) is 4.51. The van der Waals surface area contributed by atoms with Gasteiger partial charge in [-0.2, -0.15) is 13.9 Å². The van der Waals surface area contributed by atoms with Gasteiger partial charge in [0.15, 0.2) is 0 Å². The minimum atomic E-state index is -2.95. The van der Waals surface area contributed by atoms with E-state index in [-0.39, 0.29) is 12.4 Å². The number of carbonyl (C=O) groups excluding carboxylic acids is 1. The first kappa shape index (κ1) is 17.9. The summed E-state index contributed by atoms with van der Waals surface area (Å²) in [4.78, 5) is 11.8. The van der Waals surface area contributed by atoms with Crippen molar-refractivity contribution in [3.63, 3.8) is 0 Å². The minimum Gasteiger partial charge on any atom is -0.458 e. The SMILES string of the molecule is Cc1nn(C)c(Cl)c1/C=C/C(=O)OCc1ccccc1OC(F)F. The van der Waals surface area contributed by atoms with Crippen molar-refractivity contribution in [2.75, 3.05) is 0 Å². The minimum absolute atomic E-state index is 0.0320. The highest BCUT2D eigenvalue weighted by molar-refractivity contribution is 6.31. The molecule has 0 N–H and O–H groups in total. The molecule has 0 amide bonds. The molecule has 0 atom stereocenters. The molecule has 0 aliphatic rings. The van der Waals surface area contributed by atoms with Gasteiger partial charge in [-0.1, -0.05) is 29.8 Å². The van der Waals surface area contributed by atoms with Gasteiger partial charge in [0.25, 0.3) is 0 Å². The van der Waals surface area contributed by atoms with Gasteiger partial charge >= 0.3 is 12.6 Å². The number of hydrogen-bond acceptors (Lipinski definition) is 4. The summed E-state index contributed by atoms with van der Waals surface area (Å²) in [7, 11) is 1.69. The smallest absolute Gasteiger partial charge is 0.387 e. The maximum atomic E-state index is 12.3. The third kappa shape index (κ3) is 4.55. The van der Waals surface area contributed by atoms with E-state index in [9.17, 15) is 13.6 Å². The highest BCUT2D eigenvalue weighted by atomic mass is 35.5. The van der Waals surface area contributed by atoms with Gasteiger partial charge in [-0.15, -0.1) is 0 Å². The van der Waals surface area contributed by atoms with Crippen LogP contribution in [0.25, 0.3) is 6.08 Å². The zero-order valence-corrected chi connectivity index (χ0v) is 13.8. The Morgan fingerprint density at radius 3 is 2.75 bits per heavy atom. The van der Waals surface area contributed by atoms with Gasteiger partial charge in [0.1, 0.15) is 17.5 Å². The van der Waals surface area contributed by atoms with E-state index in [1.165, 1.54) is 29.0 Å². The summed E-state index contributed by atoms with van der Waals surface area (Å²) < 4.78 is 35.5. The highest BCUT2D eigenvalue weighted by Crippen LogP contribution is 2.22. The van der Waals surface area contributed by atoms with Crippen molar-refractivity contribution in [2.24, 2.45) is 7.05 Å². The Balaban J connectivity index is 2.00. The molecule has 8 heteroatoms. The molecule has 24 heavy (non-hydrogen) atoms. The first-order valence-electron chi connectivity index (χ1n) is 6.95. The van der Waals surface area contributed by atoms with Crippen LogP contribution >= 0.6 is 11.6 Å². The predicted molar refractivity (Wildman–Crippen MR) is 84.9 cm³/mol. The standard InChI is InChI=1S/C16H15ClF2N2O3/c1-10-12(15(17)21(2)20-10)7-8-14(22)23-9-11-5-3-4-6-13(11)24-16(18)19/h3-8,16H,9H2,1-2H3/b8-7+. The number of benzene rings is 1. The molecule has 0 unspecified atom stereocenters. The topological polar surface area (TPSA) is 53.4 Å². The van der Waals surface area contributed by atoms with Gasteiger partial charge in [-0.05, 0) is 19.1 Å². The number of halogens is 3. The number of ether oxygens (including phenoxy) is 2. The van der Waals surface area contributed by atoms with Crippen LogP contribution < -0.4 is 4.74 Å². The van der Waals surface area contributed by atoms with Crippen molar-refractivity contribution >= 4 is 23.6 Å². The Hall–Kier alpha value is -2.41. The van der Waals surface area contributed by atoms with Crippen LogP contribution in [0.5, 0.6) is 5.75 Å². The number of rotatable bonds is 6. The molecule has 128 valence electrons. The number of para-hydroxylation sites is 1. The number of carbonyl (C=O) groups is 1. The molecule has 0 saturated carbocycles. The summed E-state index contributed by atoms with van der Waals surface area (Å²) in [6, 6.07) is 6.10. The van der Waals surface area contributed by atoms with Crippen LogP contribution in [0.3, 0.4) is 0 Å². The van der Waals surface area contributed by atoms with Crippen molar-refractivity contribution in [3.05, 3.63) is 52.3 Å². The highest BCUT2D eigenvalue weighted by Gasteiger charge is 2.11. The van der Waals surface area contributed by atoms with E-state index < -0.39 is 12.6 Å². The van der Waals surface area contributed by atoms with E-state index in [1.54, 1.807) is 26.1 Å². The maximum absolute atomic E-state index is 12.3. The van der Waals surface area contributed by atoms with Crippen LogP contribution in [0, 0.1) is 6.92 Å². The zero-order chi connectivity index (χ0) is 17.7. The predicted octanol–water partition coefficient (Wildman–Crippen LogP) is 3.74. The number of hydrogen-bond donors (Lipinski definition) is 0. The zero-order valence-electron chi connectivity index (χ0n) is 13.0. The van der Waals surface area contributed by atoms with Gasteiger partial charge in [0.2, 0.25) is 0 Å². The van der Waals surface area contributed by atoms with E-state index >= 15 is 0 Å². The van der Waals surface area contributed by atoms with Gasteiger partial charge in [0.05, 0.1) is 5.69 Å². The quantitative estimate of drug-likeness (QED) is 0.584. The fourth-order valence-electron chi connectivity index (χ4n) is 2.02. The molecule has 0 saturated heterocycles. The number of alkyl halides is 2. The van der Waals surface area contributed by atoms with Crippen LogP contribution in [0.15, 0.2) is 30.3 Å². The molecule has 0 spiro atoms. The molecule has 0 aliphatic heterocycles. The Kier molecular flexibility index (Phi) is 5.92. The van der Waals surface area contributed by atoms with E-state index in [0.29, 0.717) is 22.0 Å². The van der Waals surface area contributed by atoms with Crippen LogP contribution in [-0.2, 0) is 23.2 Å². The number of aromatic nitrogens is 2. The summed E-state index contributed by atoms with van der Waals surface area (Å²) in [5.74, 6) is -0.670. The Morgan fingerprint density at radius 2 is 2.12 bits per heavy atom. The van der Waals surface area contributed by atoms with E-state index in [1.807, 2.05) is 0 Å². The molecule has 0 radical (unpaired) electrons. The third-order valence-electron chi connectivity index (χ3n) is 3.14. The molecule has 1 aromatic heterocycles. The second-order valence-electron chi connectivity index (χ2n) is 4.84. The second kappa shape index (κ2) is 7.92. The molecule has 5 nitrogen and oxygen atoms in total. The number of nitrogens with zero attached hydrogens (tertiary/aromatic N) is 2. The van der Waals surface area contributed by atoms with Gasteiger partial charge in [0, 0.05) is 24.3 Å². The largest absolute Gasteiger partial charge is 0.458 e. The van der Waals surface area contributed by atoms with Crippen LogP contribution in [0.1, 0.15) is 16.8 Å². The Bertz CT molecular complexity index is 760. The van der Waals surface area contributed by atoms with Crippen LogP contribution in [-0.4, -0.2) is 22.4 Å². The van der Waals surface area contributed by atoms with Gasteiger partial charge < -0.3 is 9.47 Å². The van der Waals surface area contributed by atoms with Crippen molar-refractivity contribution in [1.82, 2.24) is 9.78 Å². The van der Waals surface area contributed by atoms with Crippen molar-refractivity contribution < 1.29 is 23.0 Å². The molecule has 1 heterocycles. The second-order valence-corrected chi connectivity index (χ2v) is 5.20. The molecule has 0 bridgehead atoms. The Labute approximate surface area is 142 Å². The first-order chi connectivity index (χ1) is 11.4. The molecule has 2 aromatic rings. The summed E-state index contributed by atoms with van der Waals surface area (Å²) in [5.41, 5.74) is 1.62. The first-order valence-corrected chi connectivity index (χ1v) is 7.33. The number of aryl methyl sites for hydroxylation is 2. The maximum Gasteiger partial charge on any atom is 0.387 e. The molecule has 0 fully saturated rings. The Morgan fingerprint density at radius 1 is 1.42 bits per heavy atom. The fraction of sp³-hybridized carbons (Fsp3) is 0.250. The molecule has 0 aliphatic carbocycles. The van der Waals surface area contributed by atoms with Gasteiger partial charge in [-0.3, -0.25) is 4.68 Å². The lowest BCUT2D eigenvalue weighted by Crippen LogP contribution is -2.06. The third-order valence-corrected chi connectivity index (χ3v) is 3.59. The fourth-order valence-corrected chi connectivity index (χ4v) is 2.26. The average molecular weight is 357 g/mol. The summed E-state index contributed by atoms with van der Waals surface area (Å²) in [6.07, 6.45) is 2.70. The van der Waals surface area contributed by atoms with Crippen molar-refractivity contribution in [1.29, 1.82) is 0 Å².